The fourth-order valence-electron chi connectivity index (χ4n) is 1.31. The van der Waals surface area contributed by atoms with Gasteiger partial charge in [-0.2, -0.15) is 11.8 Å². The molecule has 1 aromatic heterocycles. The molecule has 0 aromatic carbocycles. The van der Waals surface area contributed by atoms with E-state index in [1.165, 1.54) is 5.69 Å². The Morgan fingerprint density at radius 1 is 1.54 bits per heavy atom. The number of thioether (sulfide) groups is 1. The first-order valence-electron chi connectivity index (χ1n) is 4.77. The molecule has 0 spiro atoms. The summed E-state index contributed by atoms with van der Waals surface area (Å²) in [5.41, 5.74) is 1.35. The molecule has 0 saturated heterocycles. The molecule has 1 heterocycles. The van der Waals surface area contributed by atoms with Crippen LogP contribution in [0.2, 0.25) is 0 Å². The average Bonchev–Trinajstić information content (AvgIpc) is 2.42. The molecule has 1 rings (SSSR count). The summed E-state index contributed by atoms with van der Waals surface area (Å²) in [6, 6.07) is 0. The van der Waals surface area contributed by atoms with Crippen molar-refractivity contribution in [2.45, 2.75) is 45.2 Å². The van der Waals surface area contributed by atoms with E-state index in [1.807, 2.05) is 18.0 Å². The van der Waals surface area contributed by atoms with E-state index >= 15 is 0 Å². The molecule has 0 aliphatic rings. The Morgan fingerprint density at radius 3 is 2.77 bits per heavy atom. The van der Waals surface area contributed by atoms with Crippen molar-refractivity contribution in [2.24, 2.45) is 0 Å². The van der Waals surface area contributed by atoms with Crippen LogP contribution >= 0.6 is 11.8 Å². The second-order valence-corrected chi connectivity index (χ2v) is 4.97. The summed E-state index contributed by atoms with van der Waals surface area (Å²) in [6.45, 7) is 9.71. The van der Waals surface area contributed by atoms with Crippen LogP contribution in [-0.2, 0) is 12.3 Å². The summed E-state index contributed by atoms with van der Waals surface area (Å²) < 4.78 is 2.27. The molecule has 0 radical (unpaired) electrons. The largest absolute Gasteiger partial charge is 0.332 e. The number of nitrogens with zero attached hydrogens (tertiary/aromatic N) is 2. The quantitative estimate of drug-likeness (QED) is 0.740. The van der Waals surface area contributed by atoms with Crippen molar-refractivity contribution in [2.75, 3.05) is 0 Å². The van der Waals surface area contributed by atoms with E-state index in [2.05, 4.69) is 37.2 Å². The highest BCUT2D eigenvalue weighted by molar-refractivity contribution is 7.99. The first-order chi connectivity index (χ1) is 6.15. The summed E-state index contributed by atoms with van der Waals surface area (Å²) in [5.74, 6) is 2.20. The van der Waals surface area contributed by atoms with Gasteiger partial charge in [0.1, 0.15) is 5.82 Å². The number of aromatic nitrogens is 2. The zero-order valence-electron chi connectivity index (χ0n) is 8.87. The molecular formula is C10H18N2S. The van der Waals surface area contributed by atoms with Crippen LogP contribution in [0.3, 0.4) is 0 Å². The minimum Gasteiger partial charge on any atom is -0.332 e. The third kappa shape index (κ3) is 2.76. The van der Waals surface area contributed by atoms with Gasteiger partial charge in [-0.15, -0.1) is 0 Å². The summed E-state index contributed by atoms with van der Waals surface area (Å²) in [7, 11) is 0. The molecule has 1 aromatic rings. The van der Waals surface area contributed by atoms with E-state index in [0.717, 1.165) is 18.1 Å². The predicted octanol–water partition coefficient (Wildman–Crippen LogP) is 2.85. The van der Waals surface area contributed by atoms with Crippen molar-refractivity contribution in [3.05, 3.63) is 17.7 Å². The van der Waals surface area contributed by atoms with Crippen LogP contribution in [0.15, 0.2) is 6.20 Å². The average molecular weight is 198 g/mol. The van der Waals surface area contributed by atoms with Gasteiger partial charge in [-0.05, 0) is 19.1 Å². The van der Waals surface area contributed by atoms with Gasteiger partial charge in [-0.1, -0.05) is 13.8 Å². The van der Waals surface area contributed by atoms with Gasteiger partial charge in [-0.25, -0.2) is 4.98 Å². The topological polar surface area (TPSA) is 17.8 Å². The van der Waals surface area contributed by atoms with Crippen molar-refractivity contribution < 1.29 is 0 Å². The third-order valence-electron chi connectivity index (χ3n) is 2.02. The Kier molecular flexibility index (Phi) is 3.85. The van der Waals surface area contributed by atoms with Gasteiger partial charge in [0, 0.05) is 24.2 Å². The summed E-state index contributed by atoms with van der Waals surface area (Å²) in [6.07, 6.45) is 1.99. The Morgan fingerprint density at radius 2 is 2.23 bits per heavy atom. The zero-order valence-corrected chi connectivity index (χ0v) is 9.69. The Bertz CT molecular complexity index is 266. The van der Waals surface area contributed by atoms with Crippen LogP contribution in [0.5, 0.6) is 0 Å². The van der Waals surface area contributed by atoms with Gasteiger partial charge in [0.05, 0.1) is 0 Å². The summed E-state index contributed by atoms with van der Waals surface area (Å²) >= 11 is 1.97. The molecular weight excluding hydrogens is 180 g/mol. The van der Waals surface area contributed by atoms with E-state index in [0.29, 0.717) is 5.25 Å². The predicted molar refractivity (Wildman–Crippen MR) is 59.1 cm³/mol. The van der Waals surface area contributed by atoms with Crippen LogP contribution in [-0.4, -0.2) is 14.8 Å². The second-order valence-electron chi connectivity index (χ2n) is 3.40. The van der Waals surface area contributed by atoms with Gasteiger partial charge >= 0.3 is 0 Å². The fourth-order valence-corrected chi connectivity index (χ4v) is 2.05. The van der Waals surface area contributed by atoms with Gasteiger partial charge in [0.15, 0.2) is 0 Å². The van der Waals surface area contributed by atoms with E-state index in [4.69, 9.17) is 0 Å². The Labute approximate surface area is 84.7 Å². The van der Waals surface area contributed by atoms with Crippen molar-refractivity contribution in [3.63, 3.8) is 0 Å². The molecule has 13 heavy (non-hydrogen) atoms. The molecule has 0 fully saturated rings. The lowest BCUT2D eigenvalue weighted by molar-refractivity contribution is 0.705. The minimum absolute atomic E-state index is 0.695. The van der Waals surface area contributed by atoms with Gasteiger partial charge in [-0.3, -0.25) is 0 Å². The van der Waals surface area contributed by atoms with E-state index in [1.54, 1.807) is 0 Å². The maximum atomic E-state index is 4.31. The van der Waals surface area contributed by atoms with Crippen molar-refractivity contribution in [1.29, 1.82) is 0 Å². The lowest BCUT2D eigenvalue weighted by Crippen LogP contribution is -2.02. The molecule has 0 aliphatic heterocycles. The number of aryl methyl sites for hydroxylation is 1. The fraction of sp³-hybridized carbons (Fsp3) is 0.700. The summed E-state index contributed by atoms with van der Waals surface area (Å²) in [4.78, 5) is 4.31. The first-order valence-corrected chi connectivity index (χ1v) is 5.82. The molecule has 0 aliphatic carbocycles. The highest BCUT2D eigenvalue weighted by Gasteiger charge is 2.05. The highest BCUT2D eigenvalue weighted by Crippen LogP contribution is 2.17. The van der Waals surface area contributed by atoms with Gasteiger partial charge < -0.3 is 4.57 Å². The standard InChI is InChI=1S/C10H18N2S/c1-5-12-9(4)11-6-10(12)7-13-8(2)3/h6,8H,5,7H2,1-4H3. The number of rotatable bonds is 4. The monoisotopic (exact) mass is 198 g/mol. The molecule has 2 nitrogen and oxygen atoms in total. The third-order valence-corrected chi connectivity index (χ3v) is 3.15. The molecule has 0 bridgehead atoms. The molecule has 0 unspecified atom stereocenters. The lowest BCUT2D eigenvalue weighted by atomic mass is 10.5. The SMILES string of the molecule is CCn1c(CSC(C)C)cnc1C. The molecule has 0 saturated carbocycles. The van der Waals surface area contributed by atoms with Crippen molar-refractivity contribution in [1.82, 2.24) is 9.55 Å². The molecule has 0 atom stereocenters. The number of hydrogen-bond acceptors (Lipinski definition) is 2. The van der Waals surface area contributed by atoms with Crippen molar-refractivity contribution >= 4 is 11.8 Å². The van der Waals surface area contributed by atoms with E-state index < -0.39 is 0 Å². The van der Waals surface area contributed by atoms with Crippen LogP contribution in [0.25, 0.3) is 0 Å². The van der Waals surface area contributed by atoms with Gasteiger partial charge in [0.2, 0.25) is 0 Å². The maximum absolute atomic E-state index is 4.31. The normalized spacial score (nSPS) is 11.2. The van der Waals surface area contributed by atoms with Crippen LogP contribution < -0.4 is 0 Å². The minimum atomic E-state index is 0.695. The van der Waals surface area contributed by atoms with E-state index in [9.17, 15) is 0 Å². The Balaban J connectivity index is 2.65. The molecule has 74 valence electrons. The summed E-state index contributed by atoms with van der Waals surface area (Å²) in [5, 5.41) is 0.695. The number of hydrogen-bond donors (Lipinski definition) is 0. The lowest BCUT2D eigenvalue weighted by Gasteiger charge is -2.08. The second kappa shape index (κ2) is 4.70. The van der Waals surface area contributed by atoms with Crippen LogP contribution in [0, 0.1) is 6.92 Å². The van der Waals surface area contributed by atoms with E-state index in [-0.39, 0.29) is 0 Å². The van der Waals surface area contributed by atoms with Crippen LogP contribution in [0.4, 0.5) is 0 Å². The molecule has 0 N–H and O–H groups in total. The first kappa shape index (κ1) is 10.6. The maximum Gasteiger partial charge on any atom is 0.105 e. The highest BCUT2D eigenvalue weighted by atomic mass is 32.2. The van der Waals surface area contributed by atoms with Crippen molar-refractivity contribution in [3.8, 4) is 0 Å². The van der Waals surface area contributed by atoms with Crippen LogP contribution in [0.1, 0.15) is 32.3 Å². The molecule has 3 heteroatoms. The zero-order chi connectivity index (χ0) is 9.84. The smallest absolute Gasteiger partial charge is 0.105 e. The molecule has 0 amide bonds. The van der Waals surface area contributed by atoms with Gasteiger partial charge in [0.25, 0.3) is 0 Å². The Hall–Kier alpha value is -0.440. The number of imidazole rings is 1.